The molecule has 2 heterocycles. The highest BCUT2D eigenvalue weighted by Gasteiger charge is 2.21. The molecular weight excluding hydrogens is 280 g/mol. The van der Waals surface area contributed by atoms with E-state index in [-0.39, 0.29) is 11.4 Å². The number of ether oxygens (including phenoxy) is 1. The lowest BCUT2D eigenvalue weighted by molar-refractivity contribution is 0.0607. The molecule has 106 valence electrons. The third kappa shape index (κ3) is 2.50. The van der Waals surface area contributed by atoms with E-state index in [0.717, 1.165) is 5.56 Å². The number of esters is 1. The quantitative estimate of drug-likeness (QED) is 0.834. The van der Waals surface area contributed by atoms with Gasteiger partial charge in [0.25, 0.3) is 5.91 Å². The van der Waals surface area contributed by atoms with Crippen molar-refractivity contribution >= 4 is 34.6 Å². The molecule has 8 heteroatoms. The second-order valence-corrected chi connectivity index (χ2v) is 5.05. The summed E-state index contributed by atoms with van der Waals surface area (Å²) < 4.78 is 6.13. The van der Waals surface area contributed by atoms with E-state index in [1.807, 2.05) is 0 Å². The van der Waals surface area contributed by atoms with Crippen molar-refractivity contribution in [3.8, 4) is 0 Å². The van der Waals surface area contributed by atoms with E-state index in [1.54, 1.807) is 19.4 Å². The predicted octanol–water partition coefficient (Wildman–Crippen LogP) is 1.41. The lowest BCUT2D eigenvalue weighted by Gasteiger charge is -2.06. The van der Waals surface area contributed by atoms with Gasteiger partial charge in [0.15, 0.2) is 5.69 Å². The highest BCUT2D eigenvalue weighted by molar-refractivity contribution is 7.12. The average molecular weight is 294 g/mol. The second kappa shape index (κ2) is 5.33. The van der Waals surface area contributed by atoms with Crippen molar-refractivity contribution in [2.45, 2.75) is 6.92 Å². The Morgan fingerprint density at radius 1 is 1.50 bits per heavy atom. The van der Waals surface area contributed by atoms with Crippen molar-refractivity contribution in [2.75, 3.05) is 18.2 Å². The van der Waals surface area contributed by atoms with Crippen molar-refractivity contribution in [1.29, 1.82) is 0 Å². The lowest BCUT2D eigenvalue weighted by atomic mass is 10.2. The van der Waals surface area contributed by atoms with E-state index in [1.165, 1.54) is 29.3 Å². The number of aryl methyl sites for hydroxylation is 2. The number of carbonyl (C=O) groups excluding carboxylic acids is 2. The molecule has 0 aliphatic rings. The molecule has 0 spiro atoms. The summed E-state index contributed by atoms with van der Waals surface area (Å²) in [6.45, 7) is 1.79. The van der Waals surface area contributed by atoms with Gasteiger partial charge in [-0.1, -0.05) is 0 Å². The van der Waals surface area contributed by atoms with Crippen molar-refractivity contribution in [2.24, 2.45) is 7.05 Å². The van der Waals surface area contributed by atoms with Crippen LogP contribution < -0.4 is 11.1 Å². The number of aromatic nitrogens is 2. The lowest BCUT2D eigenvalue weighted by Crippen LogP contribution is -2.16. The van der Waals surface area contributed by atoms with Gasteiger partial charge in [0.2, 0.25) is 0 Å². The number of rotatable bonds is 3. The predicted molar refractivity (Wildman–Crippen MR) is 76.0 cm³/mol. The number of hydrogen-bond acceptors (Lipinski definition) is 6. The Labute approximate surface area is 119 Å². The summed E-state index contributed by atoms with van der Waals surface area (Å²) in [4.78, 5) is 24.1. The fourth-order valence-corrected chi connectivity index (χ4v) is 2.62. The minimum atomic E-state index is -0.493. The molecule has 0 aliphatic carbocycles. The van der Waals surface area contributed by atoms with Crippen LogP contribution in [0.4, 0.5) is 11.4 Å². The normalized spacial score (nSPS) is 10.3. The Hall–Kier alpha value is -2.35. The van der Waals surface area contributed by atoms with Gasteiger partial charge in [0.05, 0.1) is 18.5 Å². The maximum absolute atomic E-state index is 12.1. The number of nitrogens with zero attached hydrogens (tertiary/aromatic N) is 2. The average Bonchev–Trinajstić information content (AvgIpc) is 2.92. The molecule has 0 radical (unpaired) electrons. The smallest absolute Gasteiger partial charge is 0.350 e. The summed E-state index contributed by atoms with van der Waals surface area (Å²) in [7, 11) is 2.96. The zero-order valence-electron chi connectivity index (χ0n) is 11.3. The Bertz CT molecular complexity index is 674. The third-order valence-electron chi connectivity index (χ3n) is 2.66. The fraction of sp³-hybridized carbons (Fsp3) is 0.250. The molecule has 20 heavy (non-hydrogen) atoms. The molecule has 0 fully saturated rings. The van der Waals surface area contributed by atoms with Crippen molar-refractivity contribution in [3.05, 3.63) is 27.7 Å². The van der Waals surface area contributed by atoms with Crippen molar-refractivity contribution < 1.29 is 14.3 Å². The van der Waals surface area contributed by atoms with Gasteiger partial charge < -0.3 is 15.8 Å². The van der Waals surface area contributed by atoms with Crippen LogP contribution in [0.25, 0.3) is 0 Å². The van der Waals surface area contributed by atoms with Crippen LogP contribution in [0.1, 0.15) is 25.7 Å². The number of carbonyl (C=O) groups is 2. The first-order chi connectivity index (χ1) is 9.43. The standard InChI is InChI=1S/C12H14N4O3S/c1-6-5-20-10(12(18)19-3)8(6)14-11(17)9-7(13)4-16(2)15-9/h4-5H,13H2,1-3H3,(H,14,17). The number of thiophene rings is 1. The van der Waals surface area contributed by atoms with E-state index in [0.29, 0.717) is 10.6 Å². The highest BCUT2D eigenvalue weighted by atomic mass is 32.1. The van der Waals surface area contributed by atoms with Crippen LogP contribution in [-0.2, 0) is 11.8 Å². The van der Waals surface area contributed by atoms with Gasteiger partial charge in [-0.2, -0.15) is 5.10 Å². The largest absolute Gasteiger partial charge is 0.465 e. The first-order valence-electron chi connectivity index (χ1n) is 5.71. The van der Waals surface area contributed by atoms with Crippen LogP contribution in [0, 0.1) is 6.92 Å². The maximum atomic E-state index is 12.1. The van der Waals surface area contributed by atoms with Crippen LogP contribution in [0.2, 0.25) is 0 Å². The Morgan fingerprint density at radius 3 is 2.75 bits per heavy atom. The molecule has 0 saturated carbocycles. The van der Waals surface area contributed by atoms with Crippen molar-refractivity contribution in [3.63, 3.8) is 0 Å². The number of amides is 1. The Kier molecular flexibility index (Phi) is 3.75. The molecule has 0 bridgehead atoms. The number of anilines is 2. The molecule has 2 rings (SSSR count). The molecule has 0 aromatic carbocycles. The van der Waals surface area contributed by atoms with E-state index in [4.69, 9.17) is 5.73 Å². The summed E-state index contributed by atoms with van der Waals surface area (Å²) in [5.74, 6) is -0.956. The van der Waals surface area contributed by atoms with Crippen LogP contribution >= 0.6 is 11.3 Å². The third-order valence-corrected chi connectivity index (χ3v) is 3.73. The summed E-state index contributed by atoms with van der Waals surface area (Å²) in [5.41, 5.74) is 7.30. The summed E-state index contributed by atoms with van der Waals surface area (Å²) in [6.07, 6.45) is 1.54. The van der Waals surface area contributed by atoms with Gasteiger partial charge in [-0.15, -0.1) is 11.3 Å². The van der Waals surface area contributed by atoms with Gasteiger partial charge >= 0.3 is 5.97 Å². The minimum Gasteiger partial charge on any atom is -0.465 e. The number of nitrogens with two attached hydrogens (primary N) is 1. The number of hydrogen-bond donors (Lipinski definition) is 2. The first kappa shape index (κ1) is 14.1. The minimum absolute atomic E-state index is 0.119. The van der Waals surface area contributed by atoms with Gasteiger partial charge in [0, 0.05) is 13.2 Å². The maximum Gasteiger partial charge on any atom is 0.350 e. The zero-order chi connectivity index (χ0) is 14.9. The molecule has 7 nitrogen and oxygen atoms in total. The second-order valence-electron chi connectivity index (χ2n) is 4.18. The monoisotopic (exact) mass is 294 g/mol. The summed E-state index contributed by atoms with van der Waals surface area (Å²) in [5, 5.41) is 8.41. The molecule has 0 saturated heterocycles. The molecule has 0 unspecified atom stereocenters. The number of methoxy groups -OCH3 is 1. The zero-order valence-corrected chi connectivity index (χ0v) is 12.1. The van der Waals surface area contributed by atoms with Gasteiger partial charge in [-0.25, -0.2) is 4.79 Å². The molecule has 1 amide bonds. The Balaban J connectivity index is 2.30. The number of nitrogens with one attached hydrogen (secondary N) is 1. The van der Waals surface area contributed by atoms with Crippen molar-refractivity contribution in [1.82, 2.24) is 9.78 Å². The van der Waals surface area contributed by atoms with Gasteiger partial charge in [0.1, 0.15) is 4.88 Å². The van der Waals surface area contributed by atoms with Gasteiger partial charge in [-0.3, -0.25) is 9.48 Å². The summed E-state index contributed by atoms with van der Waals surface area (Å²) in [6, 6.07) is 0. The topological polar surface area (TPSA) is 99.2 Å². The molecule has 2 aromatic heterocycles. The van der Waals surface area contributed by atoms with E-state index < -0.39 is 11.9 Å². The Morgan fingerprint density at radius 2 is 2.20 bits per heavy atom. The highest BCUT2D eigenvalue weighted by Crippen LogP contribution is 2.29. The SMILES string of the molecule is COC(=O)c1scc(C)c1NC(=O)c1nn(C)cc1N. The molecule has 0 aliphatic heterocycles. The van der Waals surface area contributed by atoms with Crippen LogP contribution in [0.3, 0.4) is 0 Å². The van der Waals surface area contributed by atoms with Crippen LogP contribution in [0.15, 0.2) is 11.6 Å². The van der Waals surface area contributed by atoms with E-state index >= 15 is 0 Å². The first-order valence-corrected chi connectivity index (χ1v) is 6.59. The van der Waals surface area contributed by atoms with E-state index in [2.05, 4.69) is 15.2 Å². The van der Waals surface area contributed by atoms with E-state index in [9.17, 15) is 9.59 Å². The fourth-order valence-electron chi connectivity index (χ4n) is 1.70. The molecule has 3 N–H and O–H groups in total. The molecule has 0 atom stereocenters. The molecular formula is C12H14N4O3S. The summed E-state index contributed by atoms with van der Waals surface area (Å²) >= 11 is 1.21. The molecule has 2 aromatic rings. The number of nitrogen functional groups attached to an aromatic ring is 1. The van der Waals surface area contributed by atoms with Crippen LogP contribution in [-0.4, -0.2) is 28.8 Å². The van der Waals surface area contributed by atoms with Gasteiger partial charge in [-0.05, 0) is 17.9 Å². The van der Waals surface area contributed by atoms with Crippen LogP contribution in [0.5, 0.6) is 0 Å².